The Labute approximate surface area is 130 Å². The largest absolute Gasteiger partial charge is 0.379 e. The Bertz CT molecular complexity index is 593. The molecular weight excluding hydrogens is 285 g/mol. The average molecular weight is 309 g/mol. The molecule has 0 spiro atoms. The molecule has 1 aromatic carbocycles. The topological polar surface area (TPSA) is 21.3 Å². The van der Waals surface area contributed by atoms with Crippen LogP contribution in [0.25, 0.3) is 10.1 Å². The number of rotatable bonds is 7. The minimum atomic E-state index is -0.170. The number of halogens is 1. The van der Waals surface area contributed by atoms with Crippen molar-refractivity contribution in [3.63, 3.8) is 0 Å². The van der Waals surface area contributed by atoms with Crippen LogP contribution in [0.1, 0.15) is 44.5 Å². The minimum absolute atomic E-state index is 0.115. The smallest absolute Gasteiger partial charge is 0.124 e. The summed E-state index contributed by atoms with van der Waals surface area (Å²) in [6.45, 7) is 7.24. The van der Waals surface area contributed by atoms with Crippen molar-refractivity contribution in [2.75, 3.05) is 13.7 Å². The predicted octanol–water partition coefficient (Wildman–Crippen LogP) is 4.90. The third-order valence-corrected chi connectivity index (χ3v) is 5.09. The fourth-order valence-corrected chi connectivity index (χ4v) is 3.58. The average Bonchev–Trinajstić information content (AvgIpc) is 2.86. The fourth-order valence-electron chi connectivity index (χ4n) is 2.38. The van der Waals surface area contributed by atoms with Crippen LogP contribution in [-0.4, -0.2) is 19.3 Å². The molecule has 2 aromatic rings. The number of benzene rings is 1. The van der Waals surface area contributed by atoms with Crippen molar-refractivity contribution in [2.24, 2.45) is 0 Å². The van der Waals surface area contributed by atoms with Crippen molar-refractivity contribution in [2.45, 2.75) is 45.3 Å². The highest BCUT2D eigenvalue weighted by molar-refractivity contribution is 7.19. The maximum absolute atomic E-state index is 13.3. The highest BCUT2D eigenvalue weighted by atomic mass is 32.1. The summed E-state index contributed by atoms with van der Waals surface area (Å²) < 4.78 is 19.8. The monoisotopic (exact) mass is 309 g/mol. The van der Waals surface area contributed by atoms with Crippen LogP contribution in [-0.2, 0) is 4.74 Å². The molecule has 2 nitrogen and oxygen atoms in total. The van der Waals surface area contributed by atoms with Crippen molar-refractivity contribution in [3.8, 4) is 0 Å². The van der Waals surface area contributed by atoms with Gasteiger partial charge in [-0.15, -0.1) is 11.3 Å². The zero-order valence-electron chi connectivity index (χ0n) is 13.2. The third kappa shape index (κ3) is 4.25. The van der Waals surface area contributed by atoms with Gasteiger partial charge < -0.3 is 10.1 Å². The molecule has 0 saturated carbocycles. The van der Waals surface area contributed by atoms with Gasteiger partial charge in [-0.3, -0.25) is 0 Å². The Balaban J connectivity index is 2.19. The predicted molar refractivity (Wildman–Crippen MR) is 88.5 cm³/mol. The summed E-state index contributed by atoms with van der Waals surface area (Å²) in [4.78, 5) is 1.27. The molecule has 21 heavy (non-hydrogen) atoms. The van der Waals surface area contributed by atoms with E-state index in [1.165, 1.54) is 10.9 Å². The summed E-state index contributed by atoms with van der Waals surface area (Å²) in [5.41, 5.74) is -0.115. The van der Waals surface area contributed by atoms with E-state index in [2.05, 4.69) is 32.2 Å². The van der Waals surface area contributed by atoms with E-state index in [9.17, 15) is 4.39 Å². The Morgan fingerprint density at radius 2 is 2.10 bits per heavy atom. The van der Waals surface area contributed by atoms with E-state index in [1.54, 1.807) is 24.5 Å². The van der Waals surface area contributed by atoms with Crippen molar-refractivity contribution in [1.82, 2.24) is 5.32 Å². The summed E-state index contributed by atoms with van der Waals surface area (Å²) in [5, 5.41) is 4.65. The zero-order chi connectivity index (χ0) is 15.5. The van der Waals surface area contributed by atoms with Crippen LogP contribution in [0.4, 0.5) is 4.39 Å². The van der Waals surface area contributed by atoms with Gasteiger partial charge >= 0.3 is 0 Å². The second-order valence-corrected chi connectivity index (χ2v) is 7.06. The second kappa shape index (κ2) is 6.86. The van der Waals surface area contributed by atoms with Crippen molar-refractivity contribution in [3.05, 3.63) is 35.0 Å². The molecule has 0 fully saturated rings. The van der Waals surface area contributed by atoms with Gasteiger partial charge in [-0.05, 0) is 56.8 Å². The summed E-state index contributed by atoms with van der Waals surface area (Å²) in [5.74, 6) is -0.170. The molecule has 116 valence electrons. The normalized spacial score (nSPS) is 13.8. The SMILES string of the molecule is CCNC(CCC(C)(C)OC)c1cc2ccc(F)cc2s1. The molecule has 0 bridgehead atoms. The molecule has 1 heterocycles. The quantitative estimate of drug-likeness (QED) is 0.785. The van der Waals surface area contributed by atoms with E-state index in [0.717, 1.165) is 29.5 Å². The highest BCUT2D eigenvalue weighted by Crippen LogP contribution is 2.33. The van der Waals surface area contributed by atoms with Crippen LogP contribution in [0, 0.1) is 5.82 Å². The van der Waals surface area contributed by atoms with Gasteiger partial charge in [0.15, 0.2) is 0 Å². The Morgan fingerprint density at radius 1 is 1.33 bits per heavy atom. The Morgan fingerprint density at radius 3 is 2.76 bits per heavy atom. The van der Waals surface area contributed by atoms with Crippen molar-refractivity contribution < 1.29 is 9.13 Å². The molecule has 4 heteroatoms. The molecule has 1 atom stereocenters. The minimum Gasteiger partial charge on any atom is -0.379 e. The molecule has 0 aliphatic heterocycles. The van der Waals surface area contributed by atoms with Gasteiger partial charge in [-0.1, -0.05) is 13.0 Å². The third-order valence-electron chi connectivity index (χ3n) is 3.88. The van der Waals surface area contributed by atoms with E-state index in [-0.39, 0.29) is 11.4 Å². The van der Waals surface area contributed by atoms with Crippen molar-refractivity contribution >= 4 is 21.4 Å². The lowest BCUT2D eigenvalue weighted by Crippen LogP contribution is -2.27. The van der Waals surface area contributed by atoms with E-state index < -0.39 is 0 Å². The summed E-state index contributed by atoms with van der Waals surface area (Å²) in [6, 6.07) is 7.46. The maximum Gasteiger partial charge on any atom is 0.124 e. The van der Waals surface area contributed by atoms with Gasteiger partial charge in [0.1, 0.15) is 5.82 Å². The first-order valence-electron chi connectivity index (χ1n) is 7.42. The van der Waals surface area contributed by atoms with Crippen LogP contribution in [0.2, 0.25) is 0 Å². The molecule has 1 aromatic heterocycles. The molecular formula is C17H24FNOS. The first-order chi connectivity index (χ1) is 9.95. The Kier molecular flexibility index (Phi) is 5.36. The van der Waals surface area contributed by atoms with E-state index in [1.807, 2.05) is 6.07 Å². The number of ether oxygens (including phenoxy) is 1. The Hall–Kier alpha value is -0.970. The number of hydrogen-bond acceptors (Lipinski definition) is 3. The van der Waals surface area contributed by atoms with Crippen LogP contribution in [0.5, 0.6) is 0 Å². The zero-order valence-corrected chi connectivity index (χ0v) is 14.0. The molecule has 2 rings (SSSR count). The van der Waals surface area contributed by atoms with Gasteiger partial charge in [0.05, 0.1) is 5.60 Å². The second-order valence-electron chi connectivity index (χ2n) is 5.94. The summed E-state index contributed by atoms with van der Waals surface area (Å²) in [7, 11) is 1.75. The van der Waals surface area contributed by atoms with E-state index in [4.69, 9.17) is 4.74 Å². The highest BCUT2D eigenvalue weighted by Gasteiger charge is 2.21. The molecule has 1 unspecified atom stereocenters. The number of fused-ring (bicyclic) bond motifs is 1. The molecule has 1 N–H and O–H groups in total. The lowest BCUT2D eigenvalue weighted by molar-refractivity contribution is 0.0118. The van der Waals surface area contributed by atoms with E-state index in [0.29, 0.717) is 6.04 Å². The molecule has 0 aliphatic rings. The van der Waals surface area contributed by atoms with Gasteiger partial charge in [-0.25, -0.2) is 4.39 Å². The molecule has 0 amide bonds. The lowest BCUT2D eigenvalue weighted by Gasteiger charge is -2.26. The maximum atomic E-state index is 13.3. The number of methoxy groups -OCH3 is 1. The summed E-state index contributed by atoms with van der Waals surface area (Å²) in [6.07, 6.45) is 1.98. The molecule has 0 saturated heterocycles. The number of nitrogens with one attached hydrogen (secondary N) is 1. The lowest BCUT2D eigenvalue weighted by atomic mass is 9.98. The van der Waals surface area contributed by atoms with E-state index >= 15 is 0 Å². The number of thiophene rings is 1. The van der Waals surface area contributed by atoms with Gasteiger partial charge in [-0.2, -0.15) is 0 Å². The van der Waals surface area contributed by atoms with Crippen LogP contribution in [0.15, 0.2) is 24.3 Å². The van der Waals surface area contributed by atoms with Gasteiger partial charge in [0.2, 0.25) is 0 Å². The first-order valence-corrected chi connectivity index (χ1v) is 8.24. The van der Waals surface area contributed by atoms with Gasteiger partial charge in [0, 0.05) is 22.7 Å². The van der Waals surface area contributed by atoms with Gasteiger partial charge in [0.25, 0.3) is 0 Å². The van der Waals surface area contributed by atoms with Crippen molar-refractivity contribution in [1.29, 1.82) is 0 Å². The molecule has 0 aliphatic carbocycles. The first kappa shape index (κ1) is 16.4. The number of hydrogen-bond donors (Lipinski definition) is 1. The van der Waals surface area contributed by atoms with Crippen LogP contribution in [0.3, 0.4) is 0 Å². The molecule has 0 radical (unpaired) electrons. The standard InChI is InChI=1S/C17H24FNOS/c1-5-19-14(8-9-17(2,3)20-4)16-10-12-6-7-13(18)11-15(12)21-16/h6-7,10-11,14,19H,5,8-9H2,1-4H3. The fraction of sp³-hybridized carbons (Fsp3) is 0.529. The van der Waals surface area contributed by atoms with Crippen LogP contribution < -0.4 is 5.32 Å². The van der Waals surface area contributed by atoms with Crippen LogP contribution >= 0.6 is 11.3 Å². The summed E-state index contributed by atoms with van der Waals surface area (Å²) >= 11 is 1.67.